The van der Waals surface area contributed by atoms with Gasteiger partial charge in [-0.15, -0.1) is 0 Å². The van der Waals surface area contributed by atoms with Crippen LogP contribution in [0.25, 0.3) is 0 Å². The van der Waals surface area contributed by atoms with Crippen LogP contribution in [0, 0.1) is 6.92 Å². The fraction of sp³-hybridized carbons (Fsp3) is 0.267. The molecule has 0 unspecified atom stereocenters. The van der Waals surface area contributed by atoms with E-state index < -0.39 is 0 Å². The maximum atomic E-state index is 11.4. The quantitative estimate of drug-likeness (QED) is 0.776. The molecule has 2 aromatic rings. The smallest absolute Gasteiger partial charge is 0.339 e. The topological polar surface area (TPSA) is 31.2 Å². The molecule has 0 aliphatic rings. The zero-order valence-corrected chi connectivity index (χ0v) is 10.9. The third-order valence-corrected chi connectivity index (χ3v) is 3.03. The average Bonchev–Trinajstić information content (AvgIpc) is 2.73. The molecule has 0 aliphatic heterocycles. The van der Waals surface area contributed by atoms with Crippen molar-refractivity contribution in [3.8, 4) is 0 Å². The van der Waals surface area contributed by atoms with Gasteiger partial charge in [0.05, 0.1) is 12.7 Å². The van der Waals surface area contributed by atoms with Crippen molar-refractivity contribution < 1.29 is 9.53 Å². The van der Waals surface area contributed by atoms with E-state index in [1.54, 1.807) is 6.20 Å². The number of esters is 1. The van der Waals surface area contributed by atoms with Gasteiger partial charge in [-0.1, -0.05) is 29.8 Å². The van der Waals surface area contributed by atoms with Crippen molar-refractivity contribution in [2.24, 2.45) is 7.05 Å². The van der Waals surface area contributed by atoms with Gasteiger partial charge in [0.2, 0.25) is 0 Å². The van der Waals surface area contributed by atoms with Crippen LogP contribution in [0.2, 0.25) is 0 Å². The van der Waals surface area contributed by atoms with E-state index in [0.717, 1.165) is 12.1 Å². The molecule has 18 heavy (non-hydrogen) atoms. The number of hydrogen-bond donors (Lipinski definition) is 0. The molecule has 0 N–H and O–H groups in total. The second-order valence-corrected chi connectivity index (χ2v) is 4.48. The second kappa shape index (κ2) is 5.08. The fourth-order valence-corrected chi connectivity index (χ4v) is 1.93. The number of methoxy groups -OCH3 is 1. The van der Waals surface area contributed by atoms with E-state index >= 15 is 0 Å². The van der Waals surface area contributed by atoms with Gasteiger partial charge in [-0.2, -0.15) is 0 Å². The zero-order chi connectivity index (χ0) is 13.1. The lowest BCUT2D eigenvalue weighted by molar-refractivity contribution is 0.0600. The van der Waals surface area contributed by atoms with Crippen LogP contribution in [0.15, 0.2) is 36.5 Å². The lowest BCUT2D eigenvalue weighted by atomic mass is 10.1. The summed E-state index contributed by atoms with van der Waals surface area (Å²) >= 11 is 0. The van der Waals surface area contributed by atoms with Crippen LogP contribution in [0.1, 0.15) is 27.2 Å². The summed E-state index contributed by atoms with van der Waals surface area (Å²) in [6, 6.07) is 10.3. The summed E-state index contributed by atoms with van der Waals surface area (Å²) in [5.41, 5.74) is 4.18. The highest BCUT2D eigenvalue weighted by molar-refractivity contribution is 5.89. The SMILES string of the molecule is COC(=O)c1cc(Cc2ccc(C)cc2)n(C)c1. The third-order valence-electron chi connectivity index (χ3n) is 3.03. The van der Waals surface area contributed by atoms with Crippen molar-refractivity contribution >= 4 is 5.97 Å². The van der Waals surface area contributed by atoms with Crippen molar-refractivity contribution in [1.29, 1.82) is 0 Å². The molecule has 0 fully saturated rings. The minimum absolute atomic E-state index is 0.291. The Kier molecular flexibility index (Phi) is 3.51. The molecule has 0 aliphatic carbocycles. The first-order chi connectivity index (χ1) is 8.60. The fourth-order valence-electron chi connectivity index (χ4n) is 1.93. The predicted octanol–water partition coefficient (Wildman–Crippen LogP) is 2.71. The molecule has 1 aromatic carbocycles. The average molecular weight is 243 g/mol. The number of rotatable bonds is 3. The number of carbonyl (C=O) groups excluding carboxylic acids is 1. The standard InChI is InChI=1S/C15H17NO2/c1-11-4-6-12(7-5-11)8-14-9-13(10-16(14)2)15(17)18-3/h4-7,9-10H,8H2,1-3H3. The zero-order valence-electron chi connectivity index (χ0n) is 10.9. The maximum Gasteiger partial charge on any atom is 0.339 e. The molecule has 0 saturated heterocycles. The number of carbonyl (C=O) groups is 1. The molecular weight excluding hydrogens is 226 g/mol. The number of ether oxygens (including phenoxy) is 1. The highest BCUT2D eigenvalue weighted by atomic mass is 16.5. The second-order valence-electron chi connectivity index (χ2n) is 4.48. The highest BCUT2D eigenvalue weighted by Crippen LogP contribution is 2.14. The normalized spacial score (nSPS) is 10.4. The van der Waals surface area contributed by atoms with Crippen LogP contribution < -0.4 is 0 Å². The molecule has 0 amide bonds. The molecule has 0 radical (unpaired) electrons. The summed E-state index contributed by atoms with van der Waals surface area (Å²) in [4.78, 5) is 11.4. The van der Waals surface area contributed by atoms with E-state index in [1.165, 1.54) is 18.2 Å². The Morgan fingerprint density at radius 3 is 2.56 bits per heavy atom. The first kappa shape index (κ1) is 12.4. The number of aryl methyl sites for hydroxylation is 2. The van der Waals surface area contributed by atoms with Gasteiger partial charge in [-0.25, -0.2) is 4.79 Å². The maximum absolute atomic E-state index is 11.4. The summed E-state index contributed by atoms with van der Waals surface area (Å²) in [7, 11) is 3.34. The van der Waals surface area contributed by atoms with Crippen molar-refractivity contribution in [3.63, 3.8) is 0 Å². The van der Waals surface area contributed by atoms with Crippen LogP contribution in [0.3, 0.4) is 0 Å². The summed E-state index contributed by atoms with van der Waals surface area (Å²) in [5.74, 6) is -0.291. The predicted molar refractivity (Wildman–Crippen MR) is 70.7 cm³/mol. The molecular formula is C15H17NO2. The third kappa shape index (κ3) is 2.62. The van der Waals surface area contributed by atoms with Gasteiger partial charge < -0.3 is 9.30 Å². The van der Waals surface area contributed by atoms with Gasteiger partial charge in [0.15, 0.2) is 0 Å². The summed E-state index contributed by atoms with van der Waals surface area (Å²) in [5, 5.41) is 0. The molecule has 0 spiro atoms. The van der Waals surface area contributed by atoms with Gasteiger partial charge in [-0.05, 0) is 18.6 Å². The van der Waals surface area contributed by atoms with Gasteiger partial charge in [0.1, 0.15) is 0 Å². The largest absolute Gasteiger partial charge is 0.465 e. The van der Waals surface area contributed by atoms with Gasteiger partial charge in [-0.3, -0.25) is 0 Å². The highest BCUT2D eigenvalue weighted by Gasteiger charge is 2.10. The number of nitrogens with zero attached hydrogens (tertiary/aromatic N) is 1. The van der Waals surface area contributed by atoms with Gasteiger partial charge >= 0.3 is 5.97 Å². The molecule has 3 heteroatoms. The molecule has 94 valence electrons. The van der Waals surface area contributed by atoms with Crippen LogP contribution >= 0.6 is 0 Å². The Morgan fingerprint density at radius 2 is 1.94 bits per heavy atom. The van der Waals surface area contributed by atoms with Crippen molar-refractivity contribution in [2.45, 2.75) is 13.3 Å². The van der Waals surface area contributed by atoms with Crippen molar-refractivity contribution in [2.75, 3.05) is 7.11 Å². The van der Waals surface area contributed by atoms with Crippen molar-refractivity contribution in [3.05, 3.63) is 58.9 Å². The molecule has 3 nitrogen and oxygen atoms in total. The van der Waals surface area contributed by atoms with Gasteiger partial charge in [0.25, 0.3) is 0 Å². The van der Waals surface area contributed by atoms with Crippen LogP contribution in [-0.4, -0.2) is 17.6 Å². The van der Waals surface area contributed by atoms with Crippen LogP contribution in [0.4, 0.5) is 0 Å². The Balaban J connectivity index is 2.21. The van der Waals surface area contributed by atoms with E-state index in [2.05, 4.69) is 31.2 Å². The lowest BCUT2D eigenvalue weighted by Crippen LogP contribution is -1.98. The number of benzene rings is 1. The minimum Gasteiger partial charge on any atom is -0.465 e. The van der Waals surface area contributed by atoms with E-state index in [1.807, 2.05) is 17.7 Å². The molecule has 0 bridgehead atoms. The summed E-state index contributed by atoms with van der Waals surface area (Å²) in [6.07, 6.45) is 2.61. The first-order valence-electron chi connectivity index (χ1n) is 5.89. The Labute approximate surface area is 107 Å². The summed E-state index contributed by atoms with van der Waals surface area (Å²) < 4.78 is 6.68. The number of hydrogen-bond acceptors (Lipinski definition) is 2. The van der Waals surface area contributed by atoms with Gasteiger partial charge in [0, 0.05) is 25.4 Å². The van der Waals surface area contributed by atoms with E-state index in [-0.39, 0.29) is 5.97 Å². The van der Waals surface area contributed by atoms with E-state index in [9.17, 15) is 4.79 Å². The Hall–Kier alpha value is -2.03. The molecule has 1 heterocycles. The number of aromatic nitrogens is 1. The summed E-state index contributed by atoms with van der Waals surface area (Å²) in [6.45, 7) is 2.07. The van der Waals surface area contributed by atoms with Crippen LogP contribution in [-0.2, 0) is 18.2 Å². The monoisotopic (exact) mass is 243 g/mol. The molecule has 1 aromatic heterocycles. The van der Waals surface area contributed by atoms with E-state index in [0.29, 0.717) is 5.56 Å². The lowest BCUT2D eigenvalue weighted by Gasteiger charge is -2.03. The molecule has 0 saturated carbocycles. The van der Waals surface area contributed by atoms with Crippen molar-refractivity contribution in [1.82, 2.24) is 4.57 Å². The molecule has 2 rings (SSSR count). The van der Waals surface area contributed by atoms with E-state index in [4.69, 9.17) is 4.74 Å². The first-order valence-corrected chi connectivity index (χ1v) is 5.89. The Morgan fingerprint density at radius 1 is 1.28 bits per heavy atom. The Bertz CT molecular complexity index is 552. The minimum atomic E-state index is -0.291. The van der Waals surface area contributed by atoms with Crippen LogP contribution in [0.5, 0.6) is 0 Å². The molecule has 0 atom stereocenters.